The number of carbonyl (C=O) groups is 3. The van der Waals surface area contributed by atoms with Crippen molar-refractivity contribution < 1.29 is 24.2 Å². The lowest BCUT2D eigenvalue weighted by Gasteiger charge is -2.40. The number of thiophene rings is 1. The minimum Gasteiger partial charge on any atom is -0.493 e. The number of fused-ring (bicyclic) bond motifs is 1. The van der Waals surface area contributed by atoms with Crippen molar-refractivity contribution in [1.29, 1.82) is 0 Å². The van der Waals surface area contributed by atoms with E-state index >= 15 is 0 Å². The summed E-state index contributed by atoms with van der Waals surface area (Å²) in [4.78, 5) is 38.2. The molecule has 0 radical (unpaired) electrons. The van der Waals surface area contributed by atoms with Crippen LogP contribution >= 0.6 is 11.3 Å². The van der Waals surface area contributed by atoms with Crippen LogP contribution < -0.4 is 15.4 Å². The van der Waals surface area contributed by atoms with Gasteiger partial charge >= 0.3 is 5.97 Å². The van der Waals surface area contributed by atoms with Gasteiger partial charge in [0.25, 0.3) is 5.91 Å². The molecule has 3 N–H and O–H groups in total. The van der Waals surface area contributed by atoms with Crippen molar-refractivity contribution in [2.24, 2.45) is 7.05 Å². The van der Waals surface area contributed by atoms with Crippen LogP contribution in [0.3, 0.4) is 0 Å². The van der Waals surface area contributed by atoms with Gasteiger partial charge in [-0.3, -0.25) is 9.59 Å². The molecule has 2 fully saturated rings. The summed E-state index contributed by atoms with van der Waals surface area (Å²) in [5.41, 5.74) is 5.47. The molecule has 9 heteroatoms. The molecule has 0 spiro atoms. The van der Waals surface area contributed by atoms with E-state index in [4.69, 9.17) is 9.84 Å². The van der Waals surface area contributed by atoms with Crippen LogP contribution in [-0.4, -0.2) is 39.6 Å². The number of carboxylic acids is 1. The topological polar surface area (TPSA) is 110 Å². The Morgan fingerprint density at radius 1 is 1.09 bits per heavy atom. The maximum atomic E-state index is 13.7. The van der Waals surface area contributed by atoms with Crippen LogP contribution in [-0.2, 0) is 16.6 Å². The summed E-state index contributed by atoms with van der Waals surface area (Å²) in [6, 6.07) is 13.2. The molecule has 0 unspecified atom stereocenters. The van der Waals surface area contributed by atoms with Crippen LogP contribution in [0.25, 0.3) is 28.2 Å². The maximum absolute atomic E-state index is 13.7. The summed E-state index contributed by atoms with van der Waals surface area (Å²) in [7, 11) is 2.08. The monoisotopic (exact) mass is 611 g/mol. The fourth-order valence-electron chi connectivity index (χ4n) is 6.65. The molecule has 2 heterocycles. The summed E-state index contributed by atoms with van der Waals surface area (Å²) in [5.74, 6) is -0.635. The molecule has 0 atom stereocenters. The van der Waals surface area contributed by atoms with Crippen molar-refractivity contribution in [2.75, 3.05) is 11.9 Å². The molecule has 2 amide bonds. The number of benzene rings is 2. The Kier molecular flexibility index (Phi) is 8.31. The second-order valence-electron chi connectivity index (χ2n) is 11.7. The van der Waals surface area contributed by atoms with E-state index in [0.29, 0.717) is 47.9 Å². The Bertz CT molecular complexity index is 1740. The normalized spacial score (nSPS) is 16.2. The average Bonchev–Trinajstić information content (AvgIpc) is 3.76. The number of aryl methyl sites for hydroxylation is 1. The van der Waals surface area contributed by atoms with Crippen LogP contribution in [0, 0.1) is 0 Å². The van der Waals surface area contributed by atoms with Crippen molar-refractivity contribution in [3.63, 3.8) is 0 Å². The Labute approximate surface area is 260 Å². The number of ether oxygens (including phenoxy) is 1. The Balaban J connectivity index is 1.25. The molecule has 0 saturated heterocycles. The second-order valence-corrected chi connectivity index (χ2v) is 12.5. The lowest BCUT2D eigenvalue weighted by Crippen LogP contribution is -2.61. The highest BCUT2D eigenvalue weighted by Crippen LogP contribution is 2.45. The third-order valence-electron chi connectivity index (χ3n) is 9.03. The minimum atomic E-state index is -1.06. The van der Waals surface area contributed by atoms with Gasteiger partial charge in [-0.1, -0.05) is 18.9 Å². The minimum absolute atomic E-state index is 0.272. The van der Waals surface area contributed by atoms with Crippen LogP contribution in [0.5, 0.6) is 5.75 Å². The van der Waals surface area contributed by atoms with E-state index in [0.717, 1.165) is 18.0 Å². The van der Waals surface area contributed by atoms with Gasteiger partial charge < -0.3 is 25.0 Å². The first-order chi connectivity index (χ1) is 21.3. The molecule has 4 aromatic rings. The molecule has 6 rings (SSSR count). The summed E-state index contributed by atoms with van der Waals surface area (Å²) >= 11 is 1.69. The van der Waals surface area contributed by atoms with E-state index in [-0.39, 0.29) is 11.8 Å². The van der Waals surface area contributed by atoms with Crippen LogP contribution in [0.4, 0.5) is 5.69 Å². The van der Waals surface area contributed by atoms with E-state index < -0.39 is 11.5 Å². The molecular weight excluding hydrogens is 574 g/mol. The zero-order valence-electron chi connectivity index (χ0n) is 25.0. The van der Waals surface area contributed by atoms with Gasteiger partial charge in [-0.15, -0.1) is 0 Å². The van der Waals surface area contributed by atoms with Crippen molar-refractivity contribution >= 4 is 51.8 Å². The van der Waals surface area contributed by atoms with E-state index in [1.807, 2.05) is 19.1 Å². The molecule has 44 heavy (non-hydrogen) atoms. The van der Waals surface area contributed by atoms with E-state index in [1.165, 1.54) is 54.0 Å². The van der Waals surface area contributed by atoms with Gasteiger partial charge in [0.1, 0.15) is 11.3 Å². The van der Waals surface area contributed by atoms with E-state index in [2.05, 4.69) is 45.1 Å². The lowest BCUT2D eigenvalue weighted by atomic mass is 9.75. The number of hydrogen-bond acceptors (Lipinski definition) is 5. The summed E-state index contributed by atoms with van der Waals surface area (Å²) < 4.78 is 7.91. The van der Waals surface area contributed by atoms with Gasteiger partial charge in [0.05, 0.1) is 12.3 Å². The second kappa shape index (κ2) is 12.3. The number of aromatic nitrogens is 1. The van der Waals surface area contributed by atoms with Crippen molar-refractivity contribution in [2.45, 2.75) is 63.3 Å². The smallest absolute Gasteiger partial charge is 0.328 e. The number of nitrogens with one attached hydrogen (secondary N) is 2. The summed E-state index contributed by atoms with van der Waals surface area (Å²) in [6.45, 7) is 2.22. The average molecular weight is 612 g/mol. The molecule has 2 aliphatic rings. The number of nitrogens with zero attached hydrogens (tertiary/aromatic N) is 1. The summed E-state index contributed by atoms with van der Waals surface area (Å²) in [5, 5.41) is 20.5. The molecule has 228 valence electrons. The first-order valence-corrected chi connectivity index (χ1v) is 16.2. The van der Waals surface area contributed by atoms with Gasteiger partial charge in [-0.05, 0) is 92.3 Å². The zero-order valence-corrected chi connectivity index (χ0v) is 25.8. The lowest BCUT2D eigenvalue weighted by molar-refractivity contribution is -0.131. The van der Waals surface area contributed by atoms with Gasteiger partial charge in [-0.2, -0.15) is 11.3 Å². The van der Waals surface area contributed by atoms with E-state index in [9.17, 15) is 14.4 Å². The predicted octanol–water partition coefficient (Wildman–Crippen LogP) is 7.35. The SMILES string of the molecule is CCOc1cc(NC(=O)C2(NC(=O)c3ccc4c(C5CCCC5)c(-c5ccsc5)n(C)c4c3)CCC2)ccc1/C=C/C(=O)O. The number of hydrogen-bond donors (Lipinski definition) is 3. The first-order valence-electron chi connectivity index (χ1n) is 15.3. The number of aliphatic carboxylic acids is 1. The van der Waals surface area contributed by atoms with Gasteiger partial charge in [-0.25, -0.2) is 4.79 Å². The third-order valence-corrected chi connectivity index (χ3v) is 9.71. The molecular formula is C35H37N3O5S. The highest BCUT2D eigenvalue weighted by Gasteiger charge is 2.45. The first kappa shape index (κ1) is 29.7. The fourth-order valence-corrected chi connectivity index (χ4v) is 7.29. The number of carboxylic acid groups (broad SMARTS) is 1. The van der Waals surface area contributed by atoms with Crippen LogP contribution in [0.2, 0.25) is 0 Å². The molecule has 2 saturated carbocycles. The van der Waals surface area contributed by atoms with Crippen molar-refractivity contribution in [3.05, 3.63) is 76.0 Å². The molecule has 0 bridgehead atoms. The Hall–Kier alpha value is -4.37. The van der Waals surface area contributed by atoms with Crippen LogP contribution in [0.1, 0.15) is 79.3 Å². The number of rotatable bonds is 10. The third kappa shape index (κ3) is 5.64. The van der Waals surface area contributed by atoms with Gasteiger partial charge in [0, 0.05) is 57.9 Å². The number of anilines is 1. The summed E-state index contributed by atoms with van der Waals surface area (Å²) in [6.07, 6.45) is 9.28. The van der Waals surface area contributed by atoms with E-state index in [1.54, 1.807) is 29.5 Å². The highest BCUT2D eigenvalue weighted by atomic mass is 32.1. The van der Waals surface area contributed by atoms with Gasteiger partial charge in [0.15, 0.2) is 0 Å². The fraction of sp³-hybridized carbons (Fsp3) is 0.343. The number of amides is 2. The molecule has 2 aromatic carbocycles. The molecule has 2 aliphatic carbocycles. The van der Waals surface area contributed by atoms with Crippen molar-refractivity contribution in [3.8, 4) is 17.0 Å². The Morgan fingerprint density at radius 3 is 2.55 bits per heavy atom. The largest absolute Gasteiger partial charge is 0.493 e. The maximum Gasteiger partial charge on any atom is 0.328 e. The Morgan fingerprint density at radius 2 is 1.89 bits per heavy atom. The highest BCUT2D eigenvalue weighted by molar-refractivity contribution is 7.08. The standard InChI is InChI=1S/C35H37N3O5S/c1-3-43-29-20-26(12-9-22(29)11-14-30(39)40)36-34(42)35(16-6-17-35)37-33(41)24-10-13-27-28(19-24)38(2)32(25-15-18-44-21-25)31(27)23-7-4-5-8-23/h9-15,18-21,23H,3-8,16-17H2,1-2H3,(H,36,42)(H,37,41)(H,39,40)/b14-11+. The molecule has 8 nitrogen and oxygen atoms in total. The quantitative estimate of drug-likeness (QED) is 0.162. The van der Waals surface area contributed by atoms with Crippen molar-refractivity contribution in [1.82, 2.24) is 9.88 Å². The number of carbonyl (C=O) groups excluding carboxylic acids is 2. The zero-order chi connectivity index (χ0) is 30.8. The predicted molar refractivity (Wildman–Crippen MR) is 174 cm³/mol. The molecule has 0 aliphatic heterocycles. The van der Waals surface area contributed by atoms with Gasteiger partial charge in [0.2, 0.25) is 5.91 Å². The molecule has 2 aromatic heterocycles. The van der Waals surface area contributed by atoms with Crippen LogP contribution in [0.15, 0.2) is 59.3 Å².